The zero-order chi connectivity index (χ0) is 13.0. The molecule has 0 saturated heterocycles. The van der Waals surface area contributed by atoms with E-state index in [4.69, 9.17) is 4.74 Å². The predicted molar refractivity (Wildman–Crippen MR) is 76.2 cm³/mol. The van der Waals surface area contributed by atoms with Crippen LogP contribution in [0.1, 0.15) is 16.7 Å². The number of methoxy groups -OCH3 is 1. The standard InChI is InChI=1S/C16H19NO/c1-12-7-6-9-15(13(12)2)17-11-14-8-4-5-10-16(14)18-3/h4-10,17H,11H2,1-3H3. The quantitative estimate of drug-likeness (QED) is 0.875. The maximum Gasteiger partial charge on any atom is 0.123 e. The van der Waals surface area contributed by atoms with Gasteiger partial charge in [0, 0.05) is 17.8 Å². The predicted octanol–water partition coefficient (Wildman–Crippen LogP) is 3.92. The monoisotopic (exact) mass is 241 g/mol. The third kappa shape index (κ3) is 2.65. The molecule has 94 valence electrons. The Morgan fingerprint density at radius 1 is 1.00 bits per heavy atom. The zero-order valence-electron chi connectivity index (χ0n) is 11.2. The second-order valence-corrected chi connectivity index (χ2v) is 4.41. The van der Waals surface area contributed by atoms with Gasteiger partial charge in [-0.1, -0.05) is 30.3 Å². The van der Waals surface area contributed by atoms with Gasteiger partial charge in [-0.05, 0) is 37.1 Å². The minimum absolute atomic E-state index is 0.772. The van der Waals surface area contributed by atoms with Crippen LogP contribution >= 0.6 is 0 Å². The molecular weight excluding hydrogens is 222 g/mol. The van der Waals surface area contributed by atoms with Crippen molar-refractivity contribution in [1.82, 2.24) is 0 Å². The molecule has 0 spiro atoms. The normalized spacial score (nSPS) is 10.2. The molecule has 1 N–H and O–H groups in total. The van der Waals surface area contributed by atoms with Crippen LogP contribution in [0.5, 0.6) is 5.75 Å². The first-order valence-corrected chi connectivity index (χ1v) is 6.14. The third-order valence-electron chi connectivity index (χ3n) is 3.27. The summed E-state index contributed by atoms with van der Waals surface area (Å²) in [4.78, 5) is 0. The highest BCUT2D eigenvalue weighted by atomic mass is 16.5. The van der Waals surface area contributed by atoms with Gasteiger partial charge in [-0.2, -0.15) is 0 Å². The fourth-order valence-corrected chi connectivity index (χ4v) is 1.98. The zero-order valence-corrected chi connectivity index (χ0v) is 11.2. The lowest BCUT2D eigenvalue weighted by atomic mass is 10.1. The van der Waals surface area contributed by atoms with Crippen LogP contribution in [0.3, 0.4) is 0 Å². The van der Waals surface area contributed by atoms with Gasteiger partial charge in [0.25, 0.3) is 0 Å². The summed E-state index contributed by atoms with van der Waals surface area (Å²) in [6.07, 6.45) is 0. The van der Waals surface area contributed by atoms with E-state index in [0.29, 0.717) is 0 Å². The molecule has 0 fully saturated rings. The van der Waals surface area contributed by atoms with Gasteiger partial charge in [0.2, 0.25) is 0 Å². The molecule has 0 aliphatic rings. The van der Waals surface area contributed by atoms with Crippen molar-refractivity contribution in [3.05, 3.63) is 59.2 Å². The molecule has 0 amide bonds. The Hall–Kier alpha value is -1.96. The Bertz CT molecular complexity index is 534. The van der Waals surface area contributed by atoms with Gasteiger partial charge in [0.1, 0.15) is 5.75 Å². The molecule has 2 rings (SSSR count). The lowest BCUT2D eigenvalue weighted by Crippen LogP contribution is -2.03. The van der Waals surface area contributed by atoms with Crippen LogP contribution < -0.4 is 10.1 Å². The number of hydrogen-bond donors (Lipinski definition) is 1. The smallest absolute Gasteiger partial charge is 0.123 e. The van der Waals surface area contributed by atoms with Crippen LogP contribution in [-0.4, -0.2) is 7.11 Å². The lowest BCUT2D eigenvalue weighted by molar-refractivity contribution is 0.410. The largest absolute Gasteiger partial charge is 0.496 e. The maximum atomic E-state index is 5.35. The van der Waals surface area contributed by atoms with E-state index >= 15 is 0 Å². The summed E-state index contributed by atoms with van der Waals surface area (Å²) in [7, 11) is 1.71. The average Bonchev–Trinajstić information content (AvgIpc) is 2.41. The molecule has 0 bridgehead atoms. The van der Waals surface area contributed by atoms with Crippen molar-refractivity contribution in [1.29, 1.82) is 0 Å². The lowest BCUT2D eigenvalue weighted by Gasteiger charge is -2.13. The van der Waals surface area contributed by atoms with Gasteiger partial charge in [-0.3, -0.25) is 0 Å². The van der Waals surface area contributed by atoms with Crippen LogP contribution in [0.25, 0.3) is 0 Å². The van der Waals surface area contributed by atoms with E-state index < -0.39 is 0 Å². The van der Waals surface area contributed by atoms with Gasteiger partial charge >= 0.3 is 0 Å². The Morgan fingerprint density at radius 2 is 1.78 bits per heavy atom. The highest BCUT2D eigenvalue weighted by Gasteiger charge is 2.03. The number of nitrogens with one attached hydrogen (secondary N) is 1. The fourth-order valence-electron chi connectivity index (χ4n) is 1.98. The van der Waals surface area contributed by atoms with Crippen molar-refractivity contribution in [3.63, 3.8) is 0 Å². The number of benzene rings is 2. The van der Waals surface area contributed by atoms with E-state index in [1.165, 1.54) is 22.4 Å². The molecule has 2 nitrogen and oxygen atoms in total. The molecular formula is C16H19NO. The Labute approximate surface area is 109 Å². The first kappa shape index (κ1) is 12.5. The highest BCUT2D eigenvalue weighted by molar-refractivity contribution is 5.54. The van der Waals surface area contributed by atoms with Crippen LogP contribution in [0, 0.1) is 13.8 Å². The summed E-state index contributed by atoms with van der Waals surface area (Å²) in [6.45, 7) is 5.04. The van der Waals surface area contributed by atoms with Crippen LogP contribution in [0.15, 0.2) is 42.5 Å². The summed E-state index contributed by atoms with van der Waals surface area (Å²) in [5, 5.41) is 3.46. The Kier molecular flexibility index (Phi) is 3.88. The number of ether oxygens (including phenoxy) is 1. The molecule has 2 aromatic rings. The van der Waals surface area contributed by atoms with Crippen molar-refractivity contribution in [2.45, 2.75) is 20.4 Å². The first-order chi connectivity index (χ1) is 8.72. The van der Waals surface area contributed by atoms with Crippen LogP contribution in [0.4, 0.5) is 5.69 Å². The third-order valence-corrected chi connectivity index (χ3v) is 3.27. The van der Waals surface area contributed by atoms with E-state index in [0.717, 1.165) is 12.3 Å². The molecule has 0 atom stereocenters. The van der Waals surface area contributed by atoms with Crippen molar-refractivity contribution in [2.24, 2.45) is 0 Å². The molecule has 0 aromatic heterocycles. The molecule has 0 saturated carbocycles. The molecule has 0 aliphatic heterocycles. The van der Waals surface area contributed by atoms with Crippen molar-refractivity contribution >= 4 is 5.69 Å². The highest BCUT2D eigenvalue weighted by Crippen LogP contribution is 2.22. The number of rotatable bonds is 4. The summed E-state index contributed by atoms with van der Waals surface area (Å²) in [5.41, 5.74) is 4.95. The summed E-state index contributed by atoms with van der Waals surface area (Å²) in [6, 6.07) is 14.4. The van der Waals surface area contributed by atoms with Gasteiger partial charge in [0.15, 0.2) is 0 Å². The summed E-state index contributed by atoms with van der Waals surface area (Å²) in [5.74, 6) is 0.926. The maximum absolute atomic E-state index is 5.35. The van der Waals surface area contributed by atoms with Crippen LogP contribution in [0.2, 0.25) is 0 Å². The number of para-hydroxylation sites is 1. The van der Waals surface area contributed by atoms with Gasteiger partial charge in [-0.25, -0.2) is 0 Å². The molecule has 0 aliphatic carbocycles. The second kappa shape index (κ2) is 5.58. The van der Waals surface area contributed by atoms with Gasteiger partial charge in [-0.15, -0.1) is 0 Å². The summed E-state index contributed by atoms with van der Waals surface area (Å²) >= 11 is 0. The van der Waals surface area contributed by atoms with Gasteiger partial charge < -0.3 is 10.1 Å². The van der Waals surface area contributed by atoms with E-state index in [-0.39, 0.29) is 0 Å². The number of hydrogen-bond acceptors (Lipinski definition) is 2. The van der Waals surface area contributed by atoms with E-state index in [1.807, 2.05) is 18.2 Å². The first-order valence-electron chi connectivity index (χ1n) is 6.14. The Balaban J connectivity index is 2.14. The van der Waals surface area contributed by atoms with E-state index in [2.05, 4.69) is 43.4 Å². The molecule has 0 heterocycles. The molecule has 2 aromatic carbocycles. The number of anilines is 1. The molecule has 0 radical (unpaired) electrons. The van der Waals surface area contributed by atoms with E-state index in [1.54, 1.807) is 7.11 Å². The topological polar surface area (TPSA) is 21.3 Å². The van der Waals surface area contributed by atoms with E-state index in [9.17, 15) is 0 Å². The van der Waals surface area contributed by atoms with Crippen molar-refractivity contribution in [2.75, 3.05) is 12.4 Å². The number of aryl methyl sites for hydroxylation is 1. The second-order valence-electron chi connectivity index (χ2n) is 4.41. The average molecular weight is 241 g/mol. The molecule has 2 heteroatoms. The minimum Gasteiger partial charge on any atom is -0.496 e. The summed E-state index contributed by atoms with van der Waals surface area (Å²) < 4.78 is 5.35. The molecule has 18 heavy (non-hydrogen) atoms. The Morgan fingerprint density at radius 3 is 2.56 bits per heavy atom. The SMILES string of the molecule is COc1ccccc1CNc1cccc(C)c1C. The molecule has 0 unspecified atom stereocenters. The van der Waals surface area contributed by atoms with Crippen LogP contribution in [-0.2, 0) is 6.54 Å². The van der Waals surface area contributed by atoms with Gasteiger partial charge in [0.05, 0.1) is 7.11 Å². The fraction of sp³-hybridized carbons (Fsp3) is 0.250. The minimum atomic E-state index is 0.772. The van der Waals surface area contributed by atoms with Crippen molar-refractivity contribution in [3.8, 4) is 5.75 Å². The van der Waals surface area contributed by atoms with Crippen molar-refractivity contribution < 1.29 is 4.74 Å².